The molecule has 0 aromatic rings. The van der Waals surface area contributed by atoms with Crippen LogP contribution in [0.2, 0.25) is 0 Å². The zero-order chi connectivity index (χ0) is 7.49. The van der Waals surface area contributed by atoms with Gasteiger partial charge in [-0.3, -0.25) is 9.36 Å². The van der Waals surface area contributed by atoms with Crippen molar-refractivity contribution in [3.8, 4) is 0 Å². The standard InChI is InChI=1S/C3H7O4PS/c1-7-8(5,6)3(4)9-2/h1-2H3,(H,5,6). The highest BCUT2D eigenvalue weighted by atomic mass is 32.2. The number of carbonyl (C=O) groups is 1. The third-order valence-corrected chi connectivity index (χ3v) is 3.20. The number of hydrogen-bond donors (Lipinski definition) is 1. The van der Waals surface area contributed by atoms with E-state index in [0.29, 0.717) is 11.8 Å². The van der Waals surface area contributed by atoms with Gasteiger partial charge < -0.3 is 9.42 Å². The van der Waals surface area contributed by atoms with Gasteiger partial charge in [0.25, 0.3) is 4.86 Å². The fourth-order valence-corrected chi connectivity index (χ4v) is 1.49. The second-order valence-electron chi connectivity index (χ2n) is 1.17. The van der Waals surface area contributed by atoms with Crippen LogP contribution in [-0.4, -0.2) is 23.1 Å². The van der Waals surface area contributed by atoms with E-state index in [1.807, 2.05) is 0 Å². The van der Waals surface area contributed by atoms with E-state index in [-0.39, 0.29) is 0 Å². The summed E-state index contributed by atoms with van der Waals surface area (Å²) in [6, 6.07) is 0. The van der Waals surface area contributed by atoms with Gasteiger partial charge in [0, 0.05) is 7.11 Å². The lowest BCUT2D eigenvalue weighted by Gasteiger charge is -2.02. The average Bonchev–Trinajstić information content (AvgIpc) is 1.86. The number of hydrogen-bond acceptors (Lipinski definition) is 4. The molecule has 0 heterocycles. The highest BCUT2D eigenvalue weighted by Gasteiger charge is 2.27. The van der Waals surface area contributed by atoms with E-state index in [2.05, 4.69) is 4.52 Å². The molecule has 0 amide bonds. The van der Waals surface area contributed by atoms with Crippen LogP contribution >= 0.6 is 19.4 Å². The van der Waals surface area contributed by atoms with Crippen molar-refractivity contribution in [3.63, 3.8) is 0 Å². The van der Waals surface area contributed by atoms with E-state index >= 15 is 0 Å². The van der Waals surface area contributed by atoms with E-state index < -0.39 is 12.5 Å². The second kappa shape index (κ2) is 3.37. The predicted octanol–water partition coefficient (Wildman–Crippen LogP) is 1.30. The molecule has 0 aromatic carbocycles. The molecule has 0 aliphatic rings. The Bertz CT molecular complexity index is 156. The first kappa shape index (κ1) is 9.17. The quantitative estimate of drug-likeness (QED) is 0.633. The van der Waals surface area contributed by atoms with Gasteiger partial charge in [-0.05, 0) is 6.26 Å². The summed E-state index contributed by atoms with van der Waals surface area (Å²) < 4.78 is 14.5. The Kier molecular flexibility index (Phi) is 3.43. The molecule has 1 unspecified atom stereocenters. The van der Waals surface area contributed by atoms with Crippen molar-refractivity contribution in [2.24, 2.45) is 0 Å². The molecule has 0 rings (SSSR count). The Morgan fingerprint density at radius 1 is 1.78 bits per heavy atom. The molecule has 6 heteroatoms. The van der Waals surface area contributed by atoms with Crippen molar-refractivity contribution in [1.29, 1.82) is 0 Å². The normalized spacial score (nSPS) is 16.8. The van der Waals surface area contributed by atoms with Gasteiger partial charge in [-0.25, -0.2) is 0 Å². The zero-order valence-electron chi connectivity index (χ0n) is 5.03. The Labute approximate surface area is 57.1 Å². The van der Waals surface area contributed by atoms with Gasteiger partial charge in [0.05, 0.1) is 0 Å². The summed E-state index contributed by atoms with van der Waals surface area (Å²) in [4.78, 5) is 18.1. The first-order valence-electron chi connectivity index (χ1n) is 2.01. The summed E-state index contributed by atoms with van der Waals surface area (Å²) in [6.45, 7) is 0. The van der Waals surface area contributed by atoms with E-state index in [4.69, 9.17) is 4.89 Å². The second-order valence-corrected chi connectivity index (χ2v) is 4.07. The molecule has 1 atom stereocenters. The molecular formula is C3H7O4PS. The molecule has 0 aliphatic carbocycles. The SMILES string of the molecule is COP(=O)(O)C(=O)SC. The van der Waals surface area contributed by atoms with Crippen LogP contribution in [0.1, 0.15) is 0 Å². The van der Waals surface area contributed by atoms with Crippen molar-refractivity contribution >= 4 is 24.2 Å². The summed E-state index contributed by atoms with van der Waals surface area (Å²) in [5.41, 5.74) is 0. The minimum atomic E-state index is -3.94. The molecule has 4 nitrogen and oxygen atoms in total. The van der Waals surface area contributed by atoms with E-state index in [0.717, 1.165) is 7.11 Å². The lowest BCUT2D eigenvalue weighted by Crippen LogP contribution is -1.91. The monoisotopic (exact) mass is 170 g/mol. The Hall–Kier alpha value is 0.170. The minimum absolute atomic E-state index is 0.679. The molecule has 0 spiro atoms. The first-order chi connectivity index (χ1) is 4.04. The molecule has 54 valence electrons. The molecular weight excluding hydrogens is 163 g/mol. The van der Waals surface area contributed by atoms with Crippen LogP contribution in [0.3, 0.4) is 0 Å². The van der Waals surface area contributed by atoms with Crippen LogP contribution in [0.15, 0.2) is 0 Å². The van der Waals surface area contributed by atoms with Crippen LogP contribution < -0.4 is 0 Å². The number of carbonyl (C=O) groups excluding carboxylic acids is 1. The van der Waals surface area contributed by atoms with Crippen molar-refractivity contribution in [1.82, 2.24) is 0 Å². The smallest absolute Gasteiger partial charge is 0.318 e. The molecule has 9 heavy (non-hydrogen) atoms. The van der Waals surface area contributed by atoms with Gasteiger partial charge in [0.2, 0.25) is 0 Å². The molecule has 0 saturated carbocycles. The van der Waals surface area contributed by atoms with Crippen molar-refractivity contribution in [3.05, 3.63) is 0 Å². The summed E-state index contributed by atoms with van der Waals surface area (Å²) >= 11 is 0.679. The van der Waals surface area contributed by atoms with Crippen LogP contribution in [0.25, 0.3) is 0 Å². The predicted molar refractivity (Wildman–Crippen MR) is 35.7 cm³/mol. The van der Waals surface area contributed by atoms with Gasteiger partial charge >= 0.3 is 7.60 Å². The Morgan fingerprint density at radius 3 is 2.33 bits per heavy atom. The topological polar surface area (TPSA) is 63.6 Å². The first-order valence-corrected chi connectivity index (χ1v) is 4.82. The van der Waals surface area contributed by atoms with Crippen molar-refractivity contribution < 1.29 is 18.8 Å². The average molecular weight is 170 g/mol. The van der Waals surface area contributed by atoms with Gasteiger partial charge in [-0.15, -0.1) is 0 Å². The van der Waals surface area contributed by atoms with E-state index in [9.17, 15) is 9.36 Å². The van der Waals surface area contributed by atoms with Crippen LogP contribution in [-0.2, 0) is 9.09 Å². The fourth-order valence-electron chi connectivity index (χ4n) is 0.190. The maximum absolute atomic E-state index is 10.5. The zero-order valence-corrected chi connectivity index (χ0v) is 6.74. The largest absolute Gasteiger partial charge is 0.404 e. The van der Waals surface area contributed by atoms with Crippen molar-refractivity contribution in [2.45, 2.75) is 0 Å². The Balaban J connectivity index is 4.16. The van der Waals surface area contributed by atoms with Crippen LogP contribution in [0.5, 0.6) is 0 Å². The van der Waals surface area contributed by atoms with Gasteiger partial charge in [0.1, 0.15) is 0 Å². The third-order valence-electron chi connectivity index (χ3n) is 0.653. The maximum atomic E-state index is 10.5. The highest BCUT2D eigenvalue weighted by Crippen LogP contribution is 2.45. The van der Waals surface area contributed by atoms with E-state index in [1.54, 1.807) is 0 Å². The molecule has 0 bridgehead atoms. The summed E-state index contributed by atoms with van der Waals surface area (Å²) in [7, 11) is -2.92. The summed E-state index contributed by atoms with van der Waals surface area (Å²) in [5, 5.41) is 0. The highest BCUT2D eigenvalue weighted by molar-refractivity contribution is 8.24. The van der Waals surface area contributed by atoms with E-state index in [1.165, 1.54) is 6.26 Å². The number of thioether (sulfide) groups is 1. The minimum Gasteiger partial charge on any atom is -0.318 e. The third kappa shape index (κ3) is 2.49. The van der Waals surface area contributed by atoms with Gasteiger partial charge in [0.15, 0.2) is 0 Å². The van der Waals surface area contributed by atoms with Gasteiger partial charge in [-0.1, -0.05) is 11.8 Å². The lowest BCUT2D eigenvalue weighted by molar-refractivity contribution is 0.259. The molecule has 0 fully saturated rings. The summed E-state index contributed by atoms with van der Waals surface area (Å²) in [5.74, 6) is 0. The molecule has 0 radical (unpaired) electrons. The summed E-state index contributed by atoms with van der Waals surface area (Å²) in [6.07, 6.45) is 1.42. The lowest BCUT2D eigenvalue weighted by atomic mass is 11.8. The molecule has 0 saturated heterocycles. The van der Waals surface area contributed by atoms with Crippen LogP contribution in [0.4, 0.5) is 4.79 Å². The number of rotatable bonds is 2. The van der Waals surface area contributed by atoms with Gasteiger partial charge in [-0.2, -0.15) is 0 Å². The Morgan fingerprint density at radius 2 is 2.22 bits per heavy atom. The molecule has 0 aromatic heterocycles. The maximum Gasteiger partial charge on any atom is 0.404 e. The van der Waals surface area contributed by atoms with Crippen molar-refractivity contribution in [2.75, 3.05) is 13.4 Å². The molecule has 1 N–H and O–H groups in total. The molecule has 0 aliphatic heterocycles. The van der Waals surface area contributed by atoms with Crippen LogP contribution in [0, 0.1) is 0 Å². The fraction of sp³-hybridized carbons (Fsp3) is 0.667.